The van der Waals surface area contributed by atoms with Gasteiger partial charge in [0.15, 0.2) is 6.29 Å². The summed E-state index contributed by atoms with van der Waals surface area (Å²) in [5, 5.41) is 0. The molecule has 18 heavy (non-hydrogen) atoms. The fraction of sp³-hybridized carbons (Fsp3) is 0.833. The number of ether oxygens (including phenoxy) is 2. The maximum absolute atomic E-state index is 11.7. The first-order chi connectivity index (χ1) is 8.69. The molecule has 0 bridgehead atoms. The van der Waals surface area contributed by atoms with Crippen LogP contribution in [0.25, 0.3) is 0 Å². The molecule has 0 radical (unpaired) electrons. The number of carbonyl (C=O) groups excluding carboxylic acids is 2. The highest BCUT2D eigenvalue weighted by atomic mass is 16.7. The van der Waals surface area contributed by atoms with E-state index in [1.807, 2.05) is 6.92 Å². The van der Waals surface area contributed by atoms with Crippen molar-refractivity contribution in [1.29, 1.82) is 0 Å². The van der Waals surface area contributed by atoms with Crippen LogP contribution in [0.2, 0.25) is 0 Å². The minimum Gasteiger partial charge on any atom is -0.353 e. The first kappa shape index (κ1) is 13.3. The van der Waals surface area contributed by atoms with Gasteiger partial charge in [0.2, 0.25) is 0 Å². The lowest BCUT2D eigenvalue weighted by Crippen LogP contribution is -2.37. The molecule has 6 nitrogen and oxygen atoms in total. The van der Waals surface area contributed by atoms with E-state index >= 15 is 0 Å². The molecule has 6 heteroatoms. The predicted octanol–water partition coefficient (Wildman–Crippen LogP) is 0.477. The van der Waals surface area contributed by atoms with Crippen molar-refractivity contribution in [2.45, 2.75) is 45.3 Å². The quantitative estimate of drug-likeness (QED) is 0.701. The van der Waals surface area contributed by atoms with Gasteiger partial charge in [0.05, 0.1) is 6.61 Å². The largest absolute Gasteiger partial charge is 0.353 e. The zero-order chi connectivity index (χ0) is 13.0. The van der Waals surface area contributed by atoms with E-state index in [4.69, 9.17) is 9.47 Å². The molecular formula is C12H20N2O4. The van der Waals surface area contributed by atoms with E-state index < -0.39 is 5.41 Å². The third-order valence-electron chi connectivity index (χ3n) is 3.73. The summed E-state index contributed by atoms with van der Waals surface area (Å²) < 4.78 is 11.0. The average Bonchev–Trinajstić information content (AvgIpc) is 2.68. The zero-order valence-corrected chi connectivity index (χ0v) is 10.7. The topological polar surface area (TPSA) is 76.7 Å². The lowest BCUT2D eigenvalue weighted by molar-refractivity contribution is -0.168. The summed E-state index contributed by atoms with van der Waals surface area (Å²) in [5.41, 5.74) is 3.77. The number of hydrogen-bond donors (Lipinski definition) is 2. The van der Waals surface area contributed by atoms with E-state index in [1.54, 1.807) is 0 Å². The van der Waals surface area contributed by atoms with E-state index in [9.17, 15) is 9.59 Å². The van der Waals surface area contributed by atoms with Gasteiger partial charge in [0.1, 0.15) is 5.41 Å². The first-order valence-electron chi connectivity index (χ1n) is 6.53. The molecule has 0 spiro atoms. The maximum Gasteiger partial charge on any atom is 0.254 e. The summed E-state index contributed by atoms with van der Waals surface area (Å²) in [7, 11) is 0. The van der Waals surface area contributed by atoms with Crippen LogP contribution in [0.5, 0.6) is 0 Å². The molecule has 2 N–H and O–H groups in total. The number of hydrazine groups is 1. The van der Waals surface area contributed by atoms with Gasteiger partial charge < -0.3 is 9.47 Å². The normalized spacial score (nSPS) is 26.8. The average molecular weight is 256 g/mol. The number of amides is 2. The van der Waals surface area contributed by atoms with Gasteiger partial charge in [-0.3, -0.25) is 20.4 Å². The van der Waals surface area contributed by atoms with E-state index in [2.05, 4.69) is 10.9 Å². The van der Waals surface area contributed by atoms with Crippen molar-refractivity contribution in [2.75, 3.05) is 13.2 Å². The van der Waals surface area contributed by atoms with Crippen molar-refractivity contribution in [3.63, 3.8) is 0 Å². The van der Waals surface area contributed by atoms with E-state index in [-0.39, 0.29) is 18.1 Å². The smallest absolute Gasteiger partial charge is 0.254 e. The van der Waals surface area contributed by atoms with Crippen molar-refractivity contribution >= 4 is 11.8 Å². The Morgan fingerprint density at radius 3 is 2.61 bits per heavy atom. The molecule has 1 unspecified atom stereocenters. The highest BCUT2D eigenvalue weighted by molar-refractivity contribution is 6.09. The molecule has 2 amide bonds. The van der Waals surface area contributed by atoms with Crippen LogP contribution in [0.15, 0.2) is 0 Å². The van der Waals surface area contributed by atoms with Crippen molar-refractivity contribution in [3.8, 4) is 0 Å². The van der Waals surface area contributed by atoms with Gasteiger partial charge in [-0.1, -0.05) is 6.92 Å². The minimum atomic E-state index is -0.978. The first-order valence-corrected chi connectivity index (χ1v) is 6.53. The second-order valence-corrected chi connectivity index (χ2v) is 4.76. The van der Waals surface area contributed by atoms with Gasteiger partial charge in [0.25, 0.3) is 11.8 Å². The maximum atomic E-state index is 11.7. The Labute approximate surface area is 106 Å². The Hall–Kier alpha value is -1.14. The van der Waals surface area contributed by atoms with Crippen LogP contribution >= 0.6 is 0 Å². The number of rotatable bonds is 5. The summed E-state index contributed by atoms with van der Waals surface area (Å²) >= 11 is 0. The fourth-order valence-electron chi connectivity index (χ4n) is 2.39. The summed E-state index contributed by atoms with van der Waals surface area (Å²) in [6.45, 7) is 2.92. The SMILES string of the molecule is CCC1(CCOC2CCCCO2)C(=O)NNC1=O. The lowest BCUT2D eigenvalue weighted by atomic mass is 9.81. The van der Waals surface area contributed by atoms with E-state index in [0.717, 1.165) is 25.9 Å². The van der Waals surface area contributed by atoms with E-state index in [1.165, 1.54) is 0 Å². The molecule has 2 saturated heterocycles. The third-order valence-corrected chi connectivity index (χ3v) is 3.73. The Morgan fingerprint density at radius 2 is 2.06 bits per heavy atom. The predicted molar refractivity (Wildman–Crippen MR) is 63.2 cm³/mol. The molecule has 0 aliphatic carbocycles. The second kappa shape index (κ2) is 5.67. The summed E-state index contributed by atoms with van der Waals surface area (Å²) in [6, 6.07) is 0. The molecule has 0 aromatic rings. The van der Waals surface area contributed by atoms with Crippen molar-refractivity contribution in [3.05, 3.63) is 0 Å². The molecule has 2 rings (SSSR count). The second-order valence-electron chi connectivity index (χ2n) is 4.76. The van der Waals surface area contributed by atoms with Crippen LogP contribution in [-0.2, 0) is 19.1 Å². The molecule has 1 atom stereocenters. The molecular weight excluding hydrogens is 236 g/mol. The van der Waals surface area contributed by atoms with Crippen LogP contribution in [-0.4, -0.2) is 31.3 Å². The fourth-order valence-corrected chi connectivity index (χ4v) is 2.39. The standard InChI is InChI=1S/C12H20N2O4/c1-2-12(10(15)13-14-11(12)16)6-8-18-9-5-3-4-7-17-9/h9H,2-8H2,1H3,(H,13,15)(H,14,16). The highest BCUT2D eigenvalue weighted by Gasteiger charge is 2.48. The van der Waals surface area contributed by atoms with Crippen LogP contribution in [0.3, 0.4) is 0 Å². The van der Waals surface area contributed by atoms with Crippen molar-refractivity contribution < 1.29 is 19.1 Å². The third kappa shape index (κ3) is 2.49. The van der Waals surface area contributed by atoms with Crippen LogP contribution < -0.4 is 10.9 Å². The molecule has 2 aliphatic rings. The van der Waals surface area contributed by atoms with Gasteiger partial charge in [-0.2, -0.15) is 0 Å². The van der Waals surface area contributed by atoms with Gasteiger partial charge in [-0.05, 0) is 32.1 Å². The van der Waals surface area contributed by atoms with Crippen LogP contribution in [0, 0.1) is 5.41 Å². The Bertz CT molecular complexity index is 310. The number of nitrogens with one attached hydrogen (secondary N) is 2. The van der Waals surface area contributed by atoms with Gasteiger partial charge in [-0.25, -0.2) is 0 Å². The molecule has 0 aromatic heterocycles. The van der Waals surface area contributed by atoms with Crippen molar-refractivity contribution in [2.24, 2.45) is 5.41 Å². The van der Waals surface area contributed by atoms with Crippen LogP contribution in [0.4, 0.5) is 0 Å². The van der Waals surface area contributed by atoms with Gasteiger partial charge in [0, 0.05) is 6.61 Å². The molecule has 102 valence electrons. The Morgan fingerprint density at radius 1 is 1.33 bits per heavy atom. The Balaban J connectivity index is 1.83. The number of hydrogen-bond acceptors (Lipinski definition) is 4. The van der Waals surface area contributed by atoms with E-state index in [0.29, 0.717) is 19.4 Å². The van der Waals surface area contributed by atoms with Gasteiger partial charge in [-0.15, -0.1) is 0 Å². The van der Waals surface area contributed by atoms with Crippen molar-refractivity contribution in [1.82, 2.24) is 10.9 Å². The Kier molecular flexibility index (Phi) is 4.19. The van der Waals surface area contributed by atoms with Gasteiger partial charge >= 0.3 is 0 Å². The van der Waals surface area contributed by atoms with Crippen LogP contribution in [0.1, 0.15) is 39.0 Å². The molecule has 0 saturated carbocycles. The molecule has 2 aliphatic heterocycles. The molecule has 2 fully saturated rings. The lowest BCUT2D eigenvalue weighted by Gasteiger charge is -2.25. The molecule has 2 heterocycles. The monoisotopic (exact) mass is 256 g/mol. The summed E-state index contributed by atoms with van der Waals surface area (Å²) in [6.07, 6.45) is 3.74. The summed E-state index contributed by atoms with van der Waals surface area (Å²) in [5.74, 6) is -0.522. The highest BCUT2D eigenvalue weighted by Crippen LogP contribution is 2.30. The number of carbonyl (C=O) groups is 2. The summed E-state index contributed by atoms with van der Waals surface area (Å²) in [4.78, 5) is 23.5. The zero-order valence-electron chi connectivity index (χ0n) is 10.7. The minimum absolute atomic E-state index is 0.180. The molecule has 0 aromatic carbocycles.